The van der Waals surface area contributed by atoms with Crippen molar-refractivity contribution in [3.8, 4) is 0 Å². The molecule has 0 aromatic rings. The Morgan fingerprint density at radius 2 is 0.554 bits per heavy atom. The van der Waals surface area contributed by atoms with Gasteiger partial charge in [0, 0.05) is 25.7 Å². The Labute approximate surface area is 562 Å². The maximum atomic E-state index is 13.1. The van der Waals surface area contributed by atoms with Crippen LogP contribution in [0, 0.1) is 17.8 Å². The molecule has 0 aromatic heterocycles. The van der Waals surface area contributed by atoms with Crippen LogP contribution < -0.4 is 0 Å². The highest BCUT2D eigenvalue weighted by molar-refractivity contribution is 7.47. The number of aliphatic hydroxyl groups is 1. The van der Waals surface area contributed by atoms with Gasteiger partial charge in [-0.2, -0.15) is 0 Å². The van der Waals surface area contributed by atoms with E-state index in [-0.39, 0.29) is 25.7 Å². The zero-order chi connectivity index (χ0) is 68.0. The van der Waals surface area contributed by atoms with E-state index in [1.54, 1.807) is 0 Å². The van der Waals surface area contributed by atoms with Crippen molar-refractivity contribution < 1.29 is 80.2 Å². The van der Waals surface area contributed by atoms with Gasteiger partial charge >= 0.3 is 39.5 Å². The van der Waals surface area contributed by atoms with Gasteiger partial charge in [0.05, 0.1) is 26.4 Å². The molecule has 546 valence electrons. The van der Waals surface area contributed by atoms with E-state index in [2.05, 4.69) is 48.5 Å². The lowest BCUT2D eigenvalue weighted by molar-refractivity contribution is -0.161. The van der Waals surface area contributed by atoms with Gasteiger partial charge in [0.1, 0.15) is 19.3 Å². The second-order valence-electron chi connectivity index (χ2n) is 27.5. The average molecular weight is 1350 g/mol. The van der Waals surface area contributed by atoms with E-state index in [1.165, 1.54) is 173 Å². The van der Waals surface area contributed by atoms with Crippen molar-refractivity contribution in [1.29, 1.82) is 0 Å². The molecule has 3 unspecified atom stereocenters. The molecule has 0 spiro atoms. The molecule has 6 atom stereocenters. The van der Waals surface area contributed by atoms with Crippen LogP contribution in [0.15, 0.2) is 0 Å². The number of hydrogen-bond acceptors (Lipinski definition) is 15. The van der Waals surface area contributed by atoms with Crippen molar-refractivity contribution in [2.75, 3.05) is 39.6 Å². The third kappa shape index (κ3) is 65.4. The number of unbranched alkanes of at least 4 members (excludes halogenated alkanes) is 38. The number of esters is 4. The molecule has 0 heterocycles. The summed E-state index contributed by atoms with van der Waals surface area (Å²) >= 11 is 0. The van der Waals surface area contributed by atoms with Gasteiger partial charge in [-0.3, -0.25) is 37.3 Å². The zero-order valence-corrected chi connectivity index (χ0v) is 61.8. The normalized spacial score (nSPS) is 14.4. The summed E-state index contributed by atoms with van der Waals surface area (Å²) in [4.78, 5) is 72.7. The molecule has 17 nitrogen and oxygen atoms in total. The van der Waals surface area contributed by atoms with E-state index in [0.717, 1.165) is 108 Å². The first-order chi connectivity index (χ1) is 44.3. The molecule has 0 amide bonds. The number of rotatable bonds is 71. The summed E-state index contributed by atoms with van der Waals surface area (Å²) in [6.45, 7) is 11.8. The lowest BCUT2D eigenvalue weighted by atomic mass is 9.99. The predicted molar refractivity (Wildman–Crippen MR) is 372 cm³/mol. The van der Waals surface area contributed by atoms with Crippen molar-refractivity contribution in [1.82, 2.24) is 0 Å². The molecule has 0 rings (SSSR count). The van der Waals surface area contributed by atoms with Crippen LogP contribution in [0.2, 0.25) is 0 Å². The minimum absolute atomic E-state index is 0.104. The first-order valence-electron chi connectivity index (χ1n) is 37.9. The number of carbonyl (C=O) groups is 4. The Bertz CT molecular complexity index is 1800. The van der Waals surface area contributed by atoms with Crippen LogP contribution >= 0.6 is 15.6 Å². The first kappa shape index (κ1) is 90.1. The fourth-order valence-electron chi connectivity index (χ4n) is 11.0. The predicted octanol–water partition coefficient (Wildman–Crippen LogP) is 21.0. The third-order valence-electron chi connectivity index (χ3n) is 17.2. The van der Waals surface area contributed by atoms with E-state index < -0.39 is 97.5 Å². The fourth-order valence-corrected chi connectivity index (χ4v) is 12.6. The molecule has 0 aliphatic carbocycles. The minimum atomic E-state index is -4.96. The highest BCUT2D eigenvalue weighted by Gasteiger charge is 2.30. The second-order valence-corrected chi connectivity index (χ2v) is 30.4. The Morgan fingerprint density at radius 3 is 0.826 bits per heavy atom. The number of phosphoric ester groups is 2. The van der Waals surface area contributed by atoms with E-state index in [0.29, 0.717) is 31.6 Å². The molecular weight excluding hydrogens is 1210 g/mol. The van der Waals surface area contributed by atoms with E-state index in [9.17, 15) is 43.2 Å². The van der Waals surface area contributed by atoms with Crippen LogP contribution in [0.4, 0.5) is 0 Å². The minimum Gasteiger partial charge on any atom is -0.462 e. The van der Waals surface area contributed by atoms with Crippen molar-refractivity contribution >= 4 is 39.5 Å². The average Bonchev–Trinajstić information content (AvgIpc) is 2.63. The maximum absolute atomic E-state index is 13.1. The van der Waals surface area contributed by atoms with Crippen LogP contribution in [0.3, 0.4) is 0 Å². The topological polar surface area (TPSA) is 237 Å². The SMILES string of the molecule is CCCCCCCCCCCCCCCCCC(=O)OC[C@H](COP(=O)(O)OC[C@@H](O)COP(=O)(O)OC[C@@H](COC(=O)CCCCCCCCCC(C)C)OC(=O)CCCCCCCCCCC(C)CC)OC(=O)CCCCCCCCCCCCCCC(C)C. The van der Waals surface area contributed by atoms with Gasteiger partial charge in [0.2, 0.25) is 0 Å². The molecule has 0 aliphatic heterocycles. The number of hydrogen-bond donors (Lipinski definition) is 3. The third-order valence-corrected chi connectivity index (χ3v) is 19.1. The molecule has 0 saturated heterocycles. The molecule has 92 heavy (non-hydrogen) atoms. The lowest BCUT2D eigenvalue weighted by Crippen LogP contribution is -2.30. The summed E-state index contributed by atoms with van der Waals surface area (Å²) in [6.07, 6.45) is 48.5. The highest BCUT2D eigenvalue weighted by Crippen LogP contribution is 2.45. The number of carbonyl (C=O) groups excluding carboxylic acids is 4. The maximum Gasteiger partial charge on any atom is 0.472 e. The van der Waals surface area contributed by atoms with Gasteiger partial charge in [0.15, 0.2) is 12.2 Å². The highest BCUT2D eigenvalue weighted by atomic mass is 31.2. The standard InChI is InChI=1S/C73H142O17P2/c1-8-10-11-12-13-14-15-16-17-18-22-25-33-40-47-54-70(75)83-60-68(89-72(77)56-49-42-34-26-23-20-19-21-24-30-37-44-51-64(3)4)62-87-91(79,80)85-58-67(74)59-86-92(81,82)88-63-69(61-84-71(76)55-48-41-36-29-31-38-45-52-65(5)6)90-73(78)57-50-43-35-28-27-32-39-46-53-66(7)9-2/h64-69,74H,8-63H2,1-7H3,(H,79,80)(H,81,82)/t66?,67-,68-,69-/m1/s1. The van der Waals surface area contributed by atoms with Gasteiger partial charge < -0.3 is 33.8 Å². The zero-order valence-electron chi connectivity index (χ0n) is 60.0. The summed E-state index contributed by atoms with van der Waals surface area (Å²) in [6, 6.07) is 0. The van der Waals surface area contributed by atoms with E-state index in [1.807, 2.05) is 0 Å². The van der Waals surface area contributed by atoms with Crippen molar-refractivity contribution in [2.24, 2.45) is 17.8 Å². The van der Waals surface area contributed by atoms with Crippen LogP contribution in [0.25, 0.3) is 0 Å². The fraction of sp³-hybridized carbons (Fsp3) is 0.945. The molecule has 3 N–H and O–H groups in total. The Kier molecular flexibility index (Phi) is 62.4. The molecular formula is C73H142O17P2. The van der Waals surface area contributed by atoms with E-state index >= 15 is 0 Å². The second kappa shape index (κ2) is 63.8. The summed E-state index contributed by atoms with van der Waals surface area (Å²) in [5, 5.41) is 10.6. The Hall–Kier alpha value is -1.94. The summed E-state index contributed by atoms with van der Waals surface area (Å²) in [7, 11) is -9.91. The van der Waals surface area contributed by atoms with Crippen LogP contribution in [-0.4, -0.2) is 96.7 Å². The van der Waals surface area contributed by atoms with Gasteiger partial charge in [-0.15, -0.1) is 0 Å². The summed E-state index contributed by atoms with van der Waals surface area (Å²) < 4.78 is 68.4. The quantitative estimate of drug-likeness (QED) is 0.0222. The molecule has 0 saturated carbocycles. The smallest absolute Gasteiger partial charge is 0.462 e. The number of aliphatic hydroxyl groups excluding tert-OH is 1. The Morgan fingerprint density at radius 1 is 0.315 bits per heavy atom. The van der Waals surface area contributed by atoms with Crippen LogP contribution in [0.1, 0.15) is 370 Å². The first-order valence-corrected chi connectivity index (χ1v) is 40.9. The summed E-state index contributed by atoms with van der Waals surface area (Å²) in [5.41, 5.74) is 0. The van der Waals surface area contributed by atoms with Gasteiger partial charge in [-0.1, -0.05) is 318 Å². The molecule has 0 aromatic carbocycles. The Balaban J connectivity index is 5.26. The summed E-state index contributed by atoms with van der Waals surface area (Å²) in [5.74, 6) is 0.128. The van der Waals surface area contributed by atoms with E-state index in [4.69, 9.17) is 37.0 Å². The molecule has 0 fully saturated rings. The van der Waals surface area contributed by atoms with Crippen molar-refractivity contribution in [2.45, 2.75) is 388 Å². The van der Waals surface area contributed by atoms with Crippen LogP contribution in [-0.2, 0) is 65.4 Å². The van der Waals surface area contributed by atoms with Gasteiger partial charge in [0.25, 0.3) is 0 Å². The largest absolute Gasteiger partial charge is 0.472 e. The molecule has 0 aliphatic rings. The number of ether oxygens (including phenoxy) is 4. The lowest BCUT2D eigenvalue weighted by Gasteiger charge is -2.21. The number of phosphoric acid groups is 2. The molecule has 0 bridgehead atoms. The van der Waals surface area contributed by atoms with Crippen molar-refractivity contribution in [3.05, 3.63) is 0 Å². The van der Waals surface area contributed by atoms with Gasteiger partial charge in [-0.25, -0.2) is 9.13 Å². The van der Waals surface area contributed by atoms with Crippen LogP contribution in [0.5, 0.6) is 0 Å². The van der Waals surface area contributed by atoms with Crippen molar-refractivity contribution in [3.63, 3.8) is 0 Å². The molecule has 0 radical (unpaired) electrons. The monoisotopic (exact) mass is 1350 g/mol. The molecule has 19 heteroatoms. The van der Waals surface area contributed by atoms with Gasteiger partial charge in [-0.05, 0) is 43.4 Å².